The number of aryl methyl sites for hydroxylation is 2. The Hall–Kier alpha value is -2.02. The van der Waals surface area contributed by atoms with Gasteiger partial charge in [0.15, 0.2) is 0 Å². The molecule has 5 rings (SSSR count). The standard InChI is InChI=1S/C38H50O3P2/c1-8-9-16-33-23-27(4)30(7)34-24-28(5)37(29(6)26(2)3)40-43(41-38(33)34)39-25-42-35(31-17-12-10-13-18-31)21-22-36(42)32-19-14-11-15-20-32/h10-15,17-20,23-24,26,29,35-37H,8-9,16,21-22,25H2,1-7H3/b28-24+/t29-,35+,36+,37?,43?/m0/s1. The highest BCUT2D eigenvalue weighted by Crippen LogP contribution is 2.71. The van der Waals surface area contributed by atoms with Crippen molar-refractivity contribution in [1.82, 2.24) is 0 Å². The van der Waals surface area contributed by atoms with E-state index in [0.29, 0.717) is 29.5 Å². The van der Waals surface area contributed by atoms with Gasteiger partial charge in [-0.15, -0.1) is 0 Å². The Balaban J connectivity index is 1.50. The summed E-state index contributed by atoms with van der Waals surface area (Å²) in [5.74, 6) is 1.79. The van der Waals surface area contributed by atoms with Crippen molar-refractivity contribution in [3.63, 3.8) is 0 Å². The number of benzene rings is 3. The van der Waals surface area contributed by atoms with Crippen molar-refractivity contribution in [2.45, 2.75) is 98.0 Å². The summed E-state index contributed by atoms with van der Waals surface area (Å²) in [5.41, 5.74) is 10.2. The van der Waals surface area contributed by atoms with Crippen LogP contribution >= 0.6 is 16.5 Å². The third-order valence-electron chi connectivity index (χ3n) is 9.63. The molecule has 3 nitrogen and oxygen atoms in total. The molecule has 2 heterocycles. The van der Waals surface area contributed by atoms with Crippen LogP contribution in [0.2, 0.25) is 0 Å². The van der Waals surface area contributed by atoms with E-state index < -0.39 is 16.5 Å². The number of hydrogen-bond acceptors (Lipinski definition) is 3. The molecule has 230 valence electrons. The fraction of sp³-hybridized carbons (Fsp3) is 0.474. The minimum absolute atomic E-state index is 0.0514. The van der Waals surface area contributed by atoms with Gasteiger partial charge < -0.3 is 4.52 Å². The molecule has 0 radical (unpaired) electrons. The quantitative estimate of drug-likeness (QED) is 0.212. The average Bonchev–Trinajstić information content (AvgIpc) is 3.44. The molecule has 0 saturated carbocycles. The van der Waals surface area contributed by atoms with Crippen molar-refractivity contribution >= 4 is 22.6 Å². The van der Waals surface area contributed by atoms with Crippen molar-refractivity contribution in [3.8, 4) is 5.75 Å². The minimum atomic E-state index is -1.60. The average molecular weight is 617 g/mol. The molecule has 0 aliphatic carbocycles. The van der Waals surface area contributed by atoms with Gasteiger partial charge in [0, 0.05) is 16.9 Å². The van der Waals surface area contributed by atoms with Gasteiger partial charge in [-0.25, -0.2) is 0 Å². The number of hydrogen-bond donors (Lipinski definition) is 0. The van der Waals surface area contributed by atoms with Gasteiger partial charge in [0.25, 0.3) is 0 Å². The molecule has 3 aromatic rings. The predicted molar refractivity (Wildman–Crippen MR) is 185 cm³/mol. The first kappa shape index (κ1) is 32.4. The number of rotatable bonds is 10. The van der Waals surface area contributed by atoms with Crippen LogP contribution in [0.15, 0.2) is 72.3 Å². The number of fused-ring (bicyclic) bond motifs is 1. The molecule has 0 spiro atoms. The van der Waals surface area contributed by atoms with Gasteiger partial charge in [0.05, 0.1) is 12.5 Å². The second-order valence-corrected chi connectivity index (χ2v) is 16.5. The first-order valence-electron chi connectivity index (χ1n) is 16.2. The van der Waals surface area contributed by atoms with Crippen LogP contribution in [0.3, 0.4) is 0 Å². The van der Waals surface area contributed by atoms with E-state index in [2.05, 4.69) is 121 Å². The van der Waals surface area contributed by atoms with Crippen molar-refractivity contribution in [1.29, 1.82) is 0 Å². The van der Waals surface area contributed by atoms with Crippen molar-refractivity contribution in [2.24, 2.45) is 11.8 Å². The topological polar surface area (TPSA) is 27.7 Å². The van der Waals surface area contributed by atoms with Gasteiger partial charge >= 0.3 is 8.60 Å². The molecular formula is C38H50O3P2. The lowest BCUT2D eigenvalue weighted by atomic mass is 9.87. The molecule has 43 heavy (non-hydrogen) atoms. The van der Waals surface area contributed by atoms with Crippen LogP contribution in [0, 0.1) is 25.7 Å². The summed E-state index contributed by atoms with van der Waals surface area (Å²) in [6.45, 7) is 15.8. The molecule has 0 bridgehead atoms. The van der Waals surface area contributed by atoms with E-state index >= 15 is 0 Å². The summed E-state index contributed by atoms with van der Waals surface area (Å²) in [4.78, 5) is 0. The lowest BCUT2D eigenvalue weighted by molar-refractivity contribution is 0.119. The molecule has 0 N–H and O–H groups in total. The molecule has 0 aromatic heterocycles. The van der Waals surface area contributed by atoms with Crippen LogP contribution in [-0.4, -0.2) is 12.5 Å². The first-order valence-corrected chi connectivity index (χ1v) is 19.0. The summed E-state index contributed by atoms with van der Waals surface area (Å²) in [5, 5.41) is 0. The van der Waals surface area contributed by atoms with Crippen LogP contribution in [0.1, 0.15) is 105 Å². The van der Waals surface area contributed by atoms with Gasteiger partial charge in [-0.1, -0.05) is 109 Å². The van der Waals surface area contributed by atoms with Gasteiger partial charge in [-0.2, -0.15) is 0 Å². The smallest absolute Gasteiger partial charge is 0.398 e. The molecule has 2 aliphatic rings. The number of unbranched alkanes of at least 4 members (excludes halogenated alkanes) is 1. The third kappa shape index (κ3) is 7.45. The highest BCUT2D eigenvalue weighted by molar-refractivity contribution is 7.59. The van der Waals surface area contributed by atoms with Crippen molar-refractivity contribution < 1.29 is 13.6 Å². The SMILES string of the molecule is CCCCc1cc(C)c(C)c2c1OP(OCP1[C@@H](c3ccccc3)CC[C@@H]1c1ccccc1)OC([C@@H](C)C(C)C)/C(C)=C/2. The van der Waals surface area contributed by atoms with Gasteiger partial charge in [0.2, 0.25) is 0 Å². The van der Waals surface area contributed by atoms with Crippen LogP contribution in [0.25, 0.3) is 6.08 Å². The normalized spacial score (nSPS) is 24.5. The summed E-state index contributed by atoms with van der Waals surface area (Å²) >= 11 is 0. The van der Waals surface area contributed by atoms with E-state index in [9.17, 15) is 0 Å². The monoisotopic (exact) mass is 616 g/mol. The first-order chi connectivity index (χ1) is 20.8. The van der Waals surface area contributed by atoms with Gasteiger partial charge in [-0.3, -0.25) is 9.05 Å². The van der Waals surface area contributed by atoms with E-state index in [0.717, 1.165) is 25.0 Å². The van der Waals surface area contributed by atoms with E-state index in [-0.39, 0.29) is 6.10 Å². The summed E-state index contributed by atoms with van der Waals surface area (Å²) in [6.07, 6.45) is 8.63. The van der Waals surface area contributed by atoms with E-state index in [4.69, 9.17) is 13.6 Å². The van der Waals surface area contributed by atoms with Gasteiger partial charge in [-0.05, 0) is 97.8 Å². The zero-order chi connectivity index (χ0) is 30.5. The maximum atomic E-state index is 6.94. The van der Waals surface area contributed by atoms with Crippen LogP contribution < -0.4 is 4.52 Å². The maximum absolute atomic E-state index is 6.94. The highest BCUT2D eigenvalue weighted by Gasteiger charge is 2.40. The minimum Gasteiger partial charge on any atom is -0.426 e. The van der Waals surface area contributed by atoms with E-state index in [1.165, 1.54) is 51.8 Å². The fourth-order valence-electron chi connectivity index (χ4n) is 6.55. The van der Waals surface area contributed by atoms with Crippen LogP contribution in [0.5, 0.6) is 5.75 Å². The Kier molecular flexibility index (Phi) is 11.2. The maximum Gasteiger partial charge on any atom is 0.398 e. The fourth-order valence-corrected chi connectivity index (χ4v) is 11.4. The zero-order valence-electron chi connectivity index (χ0n) is 27.2. The van der Waals surface area contributed by atoms with Gasteiger partial charge in [0.1, 0.15) is 5.75 Å². The third-order valence-corrected chi connectivity index (χ3v) is 14.0. The lowest BCUT2D eigenvalue weighted by Gasteiger charge is -2.34. The molecule has 5 heteroatoms. The molecule has 1 saturated heterocycles. The molecule has 0 amide bonds. The highest BCUT2D eigenvalue weighted by atomic mass is 31.2. The second-order valence-electron chi connectivity index (χ2n) is 12.9. The van der Waals surface area contributed by atoms with E-state index in [1.807, 2.05) is 0 Å². The Labute approximate surface area is 263 Å². The molecule has 5 atom stereocenters. The summed E-state index contributed by atoms with van der Waals surface area (Å²) in [6, 6.07) is 24.5. The van der Waals surface area contributed by atoms with Crippen LogP contribution in [0.4, 0.5) is 0 Å². The van der Waals surface area contributed by atoms with Crippen molar-refractivity contribution in [3.05, 3.63) is 106 Å². The Morgan fingerprint density at radius 2 is 1.49 bits per heavy atom. The molecule has 3 aromatic carbocycles. The molecule has 2 aliphatic heterocycles. The lowest BCUT2D eigenvalue weighted by Crippen LogP contribution is -2.27. The zero-order valence-corrected chi connectivity index (χ0v) is 29.0. The molecular weight excluding hydrogens is 566 g/mol. The second kappa shape index (κ2) is 14.8. The summed E-state index contributed by atoms with van der Waals surface area (Å²) in [7, 11) is -2.09. The Bertz CT molecular complexity index is 1320. The Morgan fingerprint density at radius 1 is 0.884 bits per heavy atom. The largest absolute Gasteiger partial charge is 0.426 e. The van der Waals surface area contributed by atoms with Crippen LogP contribution in [-0.2, 0) is 15.5 Å². The predicted octanol–water partition coefficient (Wildman–Crippen LogP) is 12.1. The van der Waals surface area contributed by atoms with Crippen molar-refractivity contribution in [2.75, 3.05) is 6.35 Å². The molecule has 1 fully saturated rings. The molecule has 2 unspecified atom stereocenters. The Morgan fingerprint density at radius 3 is 2.05 bits per heavy atom. The van der Waals surface area contributed by atoms with E-state index in [1.54, 1.807) is 0 Å². The summed E-state index contributed by atoms with van der Waals surface area (Å²) < 4.78 is 20.8.